The van der Waals surface area contributed by atoms with E-state index in [2.05, 4.69) is 5.32 Å². The van der Waals surface area contributed by atoms with Crippen LogP contribution in [0.1, 0.15) is 6.92 Å². The first-order chi connectivity index (χ1) is 7.27. The van der Waals surface area contributed by atoms with Crippen LogP contribution in [-0.4, -0.2) is 59.0 Å². The molecule has 1 aliphatic heterocycles. The number of rotatable bonds is 6. The Morgan fingerprint density at radius 1 is 1.33 bits per heavy atom. The van der Waals surface area contributed by atoms with Crippen molar-refractivity contribution in [3.63, 3.8) is 0 Å². The smallest absolute Gasteiger partial charge is 0.171 e. The summed E-state index contributed by atoms with van der Waals surface area (Å²) in [7, 11) is 3.26. The summed E-state index contributed by atoms with van der Waals surface area (Å²) in [5.74, 6) is 0. The first-order valence-electron chi connectivity index (χ1n) is 5.26. The van der Waals surface area contributed by atoms with Crippen LogP contribution in [0.5, 0.6) is 0 Å². The van der Waals surface area contributed by atoms with E-state index in [1.54, 1.807) is 14.2 Å². The Morgan fingerprint density at radius 3 is 2.60 bits per heavy atom. The molecule has 0 aromatic rings. The fourth-order valence-electron chi connectivity index (χ4n) is 1.57. The maximum absolute atomic E-state index is 5.51. The average molecular weight is 219 g/mol. The minimum atomic E-state index is -0.227. The molecule has 0 spiro atoms. The third-order valence-corrected chi connectivity index (χ3v) is 2.43. The van der Waals surface area contributed by atoms with E-state index in [4.69, 9.17) is 18.9 Å². The lowest BCUT2D eigenvalue weighted by Gasteiger charge is -2.27. The monoisotopic (exact) mass is 219 g/mol. The molecule has 5 nitrogen and oxygen atoms in total. The summed E-state index contributed by atoms with van der Waals surface area (Å²) in [6.45, 7) is 4.81. The molecule has 1 heterocycles. The topological polar surface area (TPSA) is 49.0 Å². The normalized spacial score (nSPS) is 24.4. The van der Waals surface area contributed by atoms with Gasteiger partial charge in [0.2, 0.25) is 0 Å². The second-order valence-electron chi connectivity index (χ2n) is 3.60. The van der Waals surface area contributed by atoms with Crippen LogP contribution in [0, 0.1) is 0 Å². The van der Waals surface area contributed by atoms with Crippen LogP contribution >= 0.6 is 0 Å². The maximum Gasteiger partial charge on any atom is 0.171 e. The van der Waals surface area contributed by atoms with Gasteiger partial charge in [0.1, 0.15) is 0 Å². The SMILES string of the molecule is COC(OC)C(C)NCC1COCCO1. The summed E-state index contributed by atoms with van der Waals surface area (Å²) >= 11 is 0. The Kier molecular flexibility index (Phi) is 6.12. The van der Waals surface area contributed by atoms with Crippen molar-refractivity contribution < 1.29 is 18.9 Å². The number of nitrogens with one attached hydrogen (secondary N) is 1. The minimum Gasteiger partial charge on any atom is -0.376 e. The molecule has 0 amide bonds. The molecule has 1 saturated heterocycles. The molecule has 1 N–H and O–H groups in total. The zero-order valence-electron chi connectivity index (χ0n) is 9.69. The van der Waals surface area contributed by atoms with Crippen LogP contribution in [0.2, 0.25) is 0 Å². The molecule has 1 fully saturated rings. The highest BCUT2D eigenvalue weighted by molar-refractivity contribution is 4.70. The number of hydrogen-bond acceptors (Lipinski definition) is 5. The van der Waals surface area contributed by atoms with Crippen molar-refractivity contribution in [2.45, 2.75) is 25.4 Å². The van der Waals surface area contributed by atoms with Gasteiger partial charge in [0.15, 0.2) is 6.29 Å². The Bertz CT molecular complexity index is 158. The molecule has 1 rings (SSSR count). The van der Waals surface area contributed by atoms with E-state index in [1.165, 1.54) is 0 Å². The van der Waals surface area contributed by atoms with Gasteiger partial charge in [-0.15, -0.1) is 0 Å². The summed E-state index contributed by atoms with van der Waals surface area (Å²) < 4.78 is 21.1. The number of methoxy groups -OCH3 is 2. The molecule has 0 aromatic carbocycles. The molecule has 0 aliphatic carbocycles. The zero-order chi connectivity index (χ0) is 11.1. The van der Waals surface area contributed by atoms with Gasteiger partial charge in [0, 0.05) is 20.8 Å². The Labute approximate surface area is 91.0 Å². The van der Waals surface area contributed by atoms with Crippen molar-refractivity contribution in [2.24, 2.45) is 0 Å². The van der Waals surface area contributed by atoms with Crippen molar-refractivity contribution in [1.29, 1.82) is 0 Å². The van der Waals surface area contributed by atoms with Crippen molar-refractivity contribution >= 4 is 0 Å². The molecule has 0 aromatic heterocycles. The van der Waals surface area contributed by atoms with E-state index in [-0.39, 0.29) is 18.4 Å². The van der Waals surface area contributed by atoms with Crippen molar-refractivity contribution in [1.82, 2.24) is 5.32 Å². The molecule has 2 atom stereocenters. The van der Waals surface area contributed by atoms with Gasteiger partial charge in [-0.25, -0.2) is 0 Å². The Morgan fingerprint density at radius 2 is 2.07 bits per heavy atom. The van der Waals surface area contributed by atoms with E-state index in [1.807, 2.05) is 6.92 Å². The van der Waals surface area contributed by atoms with E-state index in [0.717, 1.165) is 6.54 Å². The summed E-state index contributed by atoms with van der Waals surface area (Å²) in [5.41, 5.74) is 0. The third-order valence-electron chi connectivity index (χ3n) is 2.43. The highest BCUT2D eigenvalue weighted by atomic mass is 16.7. The van der Waals surface area contributed by atoms with Gasteiger partial charge in [-0.2, -0.15) is 0 Å². The van der Waals surface area contributed by atoms with Crippen LogP contribution in [0.3, 0.4) is 0 Å². The largest absolute Gasteiger partial charge is 0.376 e. The van der Waals surface area contributed by atoms with Gasteiger partial charge in [0.25, 0.3) is 0 Å². The first-order valence-corrected chi connectivity index (χ1v) is 5.26. The third kappa shape index (κ3) is 4.44. The van der Waals surface area contributed by atoms with E-state index in [0.29, 0.717) is 19.8 Å². The predicted molar refractivity (Wildman–Crippen MR) is 55.8 cm³/mol. The van der Waals surface area contributed by atoms with Crippen LogP contribution in [0.4, 0.5) is 0 Å². The first kappa shape index (κ1) is 12.9. The van der Waals surface area contributed by atoms with Crippen LogP contribution in [-0.2, 0) is 18.9 Å². The molecule has 0 radical (unpaired) electrons. The molecule has 0 bridgehead atoms. The Balaban J connectivity index is 2.16. The van der Waals surface area contributed by atoms with Gasteiger partial charge < -0.3 is 24.3 Å². The molecular formula is C10H21NO4. The fourth-order valence-corrected chi connectivity index (χ4v) is 1.57. The molecular weight excluding hydrogens is 198 g/mol. The van der Waals surface area contributed by atoms with Gasteiger partial charge >= 0.3 is 0 Å². The number of ether oxygens (including phenoxy) is 4. The standard InChI is InChI=1S/C10H21NO4/c1-8(10(12-2)13-3)11-6-9-7-14-4-5-15-9/h8-11H,4-7H2,1-3H3. The number of hydrogen-bond donors (Lipinski definition) is 1. The molecule has 2 unspecified atom stereocenters. The Hall–Kier alpha value is -0.200. The summed E-state index contributed by atoms with van der Waals surface area (Å²) in [5, 5.41) is 3.30. The zero-order valence-corrected chi connectivity index (χ0v) is 9.69. The molecule has 5 heteroatoms. The van der Waals surface area contributed by atoms with Gasteiger partial charge in [-0.1, -0.05) is 0 Å². The highest BCUT2D eigenvalue weighted by Gasteiger charge is 2.19. The minimum absolute atomic E-state index is 0.130. The van der Waals surface area contributed by atoms with Crippen molar-refractivity contribution in [3.8, 4) is 0 Å². The maximum atomic E-state index is 5.51. The molecule has 15 heavy (non-hydrogen) atoms. The van der Waals surface area contributed by atoms with E-state index < -0.39 is 0 Å². The van der Waals surface area contributed by atoms with Crippen molar-refractivity contribution in [2.75, 3.05) is 40.6 Å². The lowest BCUT2D eigenvalue weighted by molar-refractivity contribution is -0.125. The lowest BCUT2D eigenvalue weighted by atomic mass is 10.3. The van der Waals surface area contributed by atoms with E-state index in [9.17, 15) is 0 Å². The molecule has 0 saturated carbocycles. The van der Waals surface area contributed by atoms with Gasteiger partial charge in [-0.05, 0) is 6.92 Å². The lowest BCUT2D eigenvalue weighted by Crippen LogP contribution is -2.45. The fraction of sp³-hybridized carbons (Fsp3) is 1.00. The quantitative estimate of drug-likeness (QED) is 0.637. The summed E-state index contributed by atoms with van der Waals surface area (Å²) in [6, 6.07) is 0.130. The van der Waals surface area contributed by atoms with E-state index >= 15 is 0 Å². The van der Waals surface area contributed by atoms with Crippen LogP contribution < -0.4 is 5.32 Å². The summed E-state index contributed by atoms with van der Waals surface area (Å²) in [6.07, 6.45) is -0.0925. The second-order valence-corrected chi connectivity index (χ2v) is 3.60. The van der Waals surface area contributed by atoms with Gasteiger partial charge in [-0.3, -0.25) is 0 Å². The van der Waals surface area contributed by atoms with Gasteiger partial charge in [0.05, 0.1) is 32.0 Å². The summed E-state index contributed by atoms with van der Waals surface area (Å²) in [4.78, 5) is 0. The van der Waals surface area contributed by atoms with Crippen LogP contribution in [0.25, 0.3) is 0 Å². The second kappa shape index (κ2) is 7.14. The molecule has 90 valence electrons. The molecule has 1 aliphatic rings. The predicted octanol–water partition coefficient (Wildman–Crippen LogP) is -0.00120. The van der Waals surface area contributed by atoms with Crippen LogP contribution in [0.15, 0.2) is 0 Å². The average Bonchev–Trinajstić information content (AvgIpc) is 2.29. The van der Waals surface area contributed by atoms with Crippen molar-refractivity contribution in [3.05, 3.63) is 0 Å². The highest BCUT2D eigenvalue weighted by Crippen LogP contribution is 2.02.